The Labute approximate surface area is 300 Å². The van der Waals surface area contributed by atoms with E-state index in [2.05, 4.69) is 38.2 Å². The maximum Gasteiger partial charge on any atom is 0.472 e. The molecule has 9 nitrogen and oxygen atoms in total. The number of rotatable bonds is 35. The first-order valence-electron chi connectivity index (χ1n) is 19.6. The lowest BCUT2D eigenvalue weighted by Gasteiger charge is -2.24. The standard InChI is InChI=1S/C39H74NO8P/c1-6-8-10-12-14-16-18-19-20-21-22-24-26-28-30-32-39(42)48-37(36-47-49(43,44)46-34-33-40(3,4)5)35-45-38(41)31-29-27-25-23-17-15-13-11-9-7-2/h19-20,22,24,37H,6-18,21,23,25-36H2,1-5H3/p+1/b20-19+,24-22+/t37-/m1/s1. The molecule has 10 heteroatoms. The van der Waals surface area contributed by atoms with Crippen LogP contribution in [0.3, 0.4) is 0 Å². The summed E-state index contributed by atoms with van der Waals surface area (Å²) in [6.07, 6.45) is 32.3. The van der Waals surface area contributed by atoms with Gasteiger partial charge in [-0.05, 0) is 44.9 Å². The highest BCUT2D eigenvalue weighted by molar-refractivity contribution is 7.47. The van der Waals surface area contributed by atoms with Crippen molar-refractivity contribution in [3.05, 3.63) is 24.3 Å². The van der Waals surface area contributed by atoms with Gasteiger partial charge in [0, 0.05) is 12.8 Å². The van der Waals surface area contributed by atoms with Crippen molar-refractivity contribution in [1.82, 2.24) is 0 Å². The zero-order chi connectivity index (χ0) is 36.5. The van der Waals surface area contributed by atoms with Crippen LogP contribution < -0.4 is 0 Å². The minimum Gasteiger partial charge on any atom is -0.462 e. The van der Waals surface area contributed by atoms with Gasteiger partial charge in [0.05, 0.1) is 27.7 Å². The van der Waals surface area contributed by atoms with Crippen LogP contribution >= 0.6 is 7.82 Å². The van der Waals surface area contributed by atoms with Crippen molar-refractivity contribution >= 4 is 19.8 Å². The van der Waals surface area contributed by atoms with Crippen molar-refractivity contribution in [2.75, 3.05) is 47.5 Å². The van der Waals surface area contributed by atoms with Gasteiger partial charge in [0.2, 0.25) is 0 Å². The molecule has 2 atom stereocenters. The number of carbonyl (C=O) groups is 2. The summed E-state index contributed by atoms with van der Waals surface area (Å²) in [5.74, 6) is -0.837. The maximum atomic E-state index is 12.6. The molecule has 0 amide bonds. The summed E-state index contributed by atoms with van der Waals surface area (Å²) in [6.45, 7) is 4.35. The molecule has 0 rings (SSSR count). The van der Waals surface area contributed by atoms with Gasteiger partial charge < -0.3 is 18.9 Å². The van der Waals surface area contributed by atoms with Crippen molar-refractivity contribution in [3.63, 3.8) is 0 Å². The van der Waals surface area contributed by atoms with E-state index in [0.29, 0.717) is 17.4 Å². The number of hydrogen-bond donors (Lipinski definition) is 1. The summed E-state index contributed by atoms with van der Waals surface area (Å²) in [6, 6.07) is 0. The molecule has 49 heavy (non-hydrogen) atoms. The molecule has 0 aliphatic carbocycles. The number of ether oxygens (including phenoxy) is 2. The summed E-state index contributed by atoms with van der Waals surface area (Å²) in [4.78, 5) is 35.1. The molecular weight excluding hydrogens is 641 g/mol. The Kier molecular flexibility index (Phi) is 31.4. The van der Waals surface area contributed by atoms with E-state index >= 15 is 0 Å². The third-order valence-corrected chi connectivity index (χ3v) is 9.22. The lowest BCUT2D eigenvalue weighted by molar-refractivity contribution is -0.870. The van der Waals surface area contributed by atoms with Crippen LogP contribution in [0.5, 0.6) is 0 Å². The molecule has 1 unspecified atom stereocenters. The molecule has 0 aliphatic heterocycles. The number of phosphoric acid groups is 1. The van der Waals surface area contributed by atoms with Gasteiger partial charge in [0.15, 0.2) is 6.10 Å². The highest BCUT2D eigenvalue weighted by atomic mass is 31.2. The Bertz CT molecular complexity index is 902. The molecular formula is C39H75NO8P+. The fourth-order valence-corrected chi connectivity index (χ4v) is 5.84. The molecule has 0 aromatic heterocycles. The average molecular weight is 717 g/mol. The molecule has 0 aromatic carbocycles. The highest BCUT2D eigenvalue weighted by Crippen LogP contribution is 2.43. The highest BCUT2D eigenvalue weighted by Gasteiger charge is 2.27. The Hall–Kier alpha value is -1.51. The van der Waals surface area contributed by atoms with E-state index in [1.165, 1.54) is 83.5 Å². The molecule has 0 saturated heterocycles. The predicted octanol–water partition coefficient (Wildman–Crippen LogP) is 10.4. The second kappa shape index (κ2) is 32.4. The molecule has 0 bridgehead atoms. The molecule has 1 N–H and O–H groups in total. The van der Waals surface area contributed by atoms with Crippen LogP contribution in [-0.4, -0.2) is 74.9 Å². The normalized spacial score (nSPS) is 14.0. The number of likely N-dealkylation sites (N-methyl/N-ethyl adjacent to an activating group) is 1. The monoisotopic (exact) mass is 717 g/mol. The second-order valence-electron chi connectivity index (χ2n) is 14.3. The lowest BCUT2D eigenvalue weighted by atomic mass is 10.1. The quantitative estimate of drug-likeness (QED) is 0.0227. The summed E-state index contributed by atoms with van der Waals surface area (Å²) in [7, 11) is 1.46. The smallest absolute Gasteiger partial charge is 0.462 e. The first-order valence-corrected chi connectivity index (χ1v) is 21.1. The van der Waals surface area contributed by atoms with E-state index in [0.717, 1.165) is 44.9 Å². The SMILES string of the molecule is CCCCCCCC/C=C/C/C=C/CCCCC(=O)O[C@H](COC(=O)CCCCCCCCCCCC)COP(=O)(O)OCC[N+](C)(C)C. The summed E-state index contributed by atoms with van der Waals surface area (Å²) in [5, 5.41) is 0. The minimum absolute atomic E-state index is 0.0273. The van der Waals surface area contributed by atoms with Crippen LogP contribution in [-0.2, 0) is 32.7 Å². The van der Waals surface area contributed by atoms with Gasteiger partial charge in [0.1, 0.15) is 19.8 Å². The fourth-order valence-electron chi connectivity index (χ4n) is 5.10. The Morgan fingerprint density at radius 2 is 1.10 bits per heavy atom. The van der Waals surface area contributed by atoms with Crippen molar-refractivity contribution < 1.29 is 42.1 Å². The zero-order valence-electron chi connectivity index (χ0n) is 32.2. The summed E-state index contributed by atoms with van der Waals surface area (Å²) in [5.41, 5.74) is 0. The van der Waals surface area contributed by atoms with Crippen LogP contribution in [0.25, 0.3) is 0 Å². The number of unbranched alkanes of at least 4 members (excludes halogenated alkanes) is 17. The summed E-state index contributed by atoms with van der Waals surface area (Å²) >= 11 is 0. The average Bonchev–Trinajstić information content (AvgIpc) is 3.04. The first kappa shape index (κ1) is 47.5. The van der Waals surface area contributed by atoms with Crippen molar-refractivity contribution in [2.45, 2.75) is 168 Å². The van der Waals surface area contributed by atoms with Gasteiger partial charge in [-0.1, -0.05) is 128 Å². The van der Waals surface area contributed by atoms with Gasteiger partial charge in [-0.15, -0.1) is 0 Å². The van der Waals surface area contributed by atoms with Gasteiger partial charge in [-0.3, -0.25) is 18.6 Å². The second-order valence-corrected chi connectivity index (χ2v) is 15.8. The Morgan fingerprint density at radius 3 is 1.65 bits per heavy atom. The minimum atomic E-state index is -4.37. The molecule has 0 heterocycles. The predicted molar refractivity (Wildman–Crippen MR) is 201 cm³/mol. The van der Waals surface area contributed by atoms with Crippen LogP contribution in [0.2, 0.25) is 0 Å². The van der Waals surface area contributed by atoms with E-state index < -0.39 is 26.5 Å². The Balaban J connectivity index is 4.48. The fraction of sp³-hybridized carbons (Fsp3) is 0.846. The van der Waals surface area contributed by atoms with Crippen molar-refractivity contribution in [1.29, 1.82) is 0 Å². The van der Waals surface area contributed by atoms with Crippen LogP contribution in [0.15, 0.2) is 24.3 Å². The number of hydrogen-bond acceptors (Lipinski definition) is 7. The molecule has 0 fully saturated rings. The topological polar surface area (TPSA) is 108 Å². The number of esters is 2. The third kappa shape index (κ3) is 36.1. The number of allylic oxidation sites excluding steroid dienone is 4. The molecule has 288 valence electrons. The van der Waals surface area contributed by atoms with Gasteiger partial charge in [-0.25, -0.2) is 4.57 Å². The van der Waals surface area contributed by atoms with E-state index in [-0.39, 0.29) is 32.0 Å². The largest absolute Gasteiger partial charge is 0.472 e. The zero-order valence-corrected chi connectivity index (χ0v) is 33.1. The molecule has 0 saturated carbocycles. The Morgan fingerprint density at radius 1 is 0.633 bits per heavy atom. The number of phosphoric ester groups is 1. The van der Waals surface area contributed by atoms with Crippen molar-refractivity contribution in [2.24, 2.45) is 0 Å². The maximum absolute atomic E-state index is 12.6. The van der Waals surface area contributed by atoms with E-state index in [4.69, 9.17) is 18.5 Å². The molecule has 0 radical (unpaired) electrons. The van der Waals surface area contributed by atoms with Gasteiger partial charge >= 0.3 is 19.8 Å². The van der Waals surface area contributed by atoms with Crippen LogP contribution in [0, 0.1) is 0 Å². The number of carbonyl (C=O) groups excluding carboxylic acids is 2. The van der Waals surface area contributed by atoms with Crippen molar-refractivity contribution in [3.8, 4) is 0 Å². The lowest BCUT2D eigenvalue weighted by Crippen LogP contribution is -2.37. The first-order chi connectivity index (χ1) is 23.5. The molecule has 0 aliphatic rings. The molecule has 0 aromatic rings. The van der Waals surface area contributed by atoms with Gasteiger partial charge in [0.25, 0.3) is 0 Å². The molecule has 0 spiro atoms. The summed E-state index contributed by atoms with van der Waals surface area (Å²) < 4.78 is 34.1. The number of quaternary nitrogens is 1. The van der Waals surface area contributed by atoms with E-state index in [9.17, 15) is 19.0 Å². The van der Waals surface area contributed by atoms with Crippen LogP contribution in [0.1, 0.15) is 162 Å². The van der Waals surface area contributed by atoms with E-state index in [1.807, 2.05) is 21.1 Å². The van der Waals surface area contributed by atoms with Crippen LogP contribution in [0.4, 0.5) is 0 Å². The number of nitrogens with zero attached hydrogens (tertiary/aromatic N) is 1. The van der Waals surface area contributed by atoms with E-state index in [1.54, 1.807) is 0 Å². The third-order valence-electron chi connectivity index (χ3n) is 8.23. The van der Waals surface area contributed by atoms with Gasteiger partial charge in [-0.2, -0.15) is 0 Å².